The van der Waals surface area contributed by atoms with Crippen molar-refractivity contribution in [2.75, 3.05) is 5.32 Å². The predicted octanol–water partition coefficient (Wildman–Crippen LogP) is 3.27. The molecule has 0 fully saturated rings. The summed E-state index contributed by atoms with van der Waals surface area (Å²) in [6, 6.07) is 9.92. The Labute approximate surface area is 183 Å². The van der Waals surface area contributed by atoms with Gasteiger partial charge in [0.25, 0.3) is 11.5 Å². The number of carbonyl (C=O) groups is 1. The first kappa shape index (κ1) is 20.7. The Bertz CT molecular complexity index is 1320. The van der Waals surface area contributed by atoms with Crippen LogP contribution < -0.4 is 15.6 Å². The molecule has 4 aromatic heterocycles. The van der Waals surface area contributed by atoms with Gasteiger partial charge in [-0.05, 0) is 30.3 Å². The van der Waals surface area contributed by atoms with Crippen LogP contribution in [0.15, 0.2) is 84.8 Å². The lowest BCUT2D eigenvalue weighted by Gasteiger charge is -2.09. The van der Waals surface area contributed by atoms with Crippen LogP contribution in [0, 0.1) is 0 Å². The molecule has 0 aliphatic heterocycles. The number of amides is 1. The first-order valence-electron chi connectivity index (χ1n) is 9.74. The first-order chi connectivity index (χ1) is 15.5. The number of rotatable bonds is 7. The minimum atomic E-state index is -0.537. The van der Waals surface area contributed by atoms with E-state index in [0.717, 1.165) is 11.3 Å². The maximum absolute atomic E-state index is 12.5. The summed E-state index contributed by atoms with van der Waals surface area (Å²) in [7, 11) is 1.84. The van der Waals surface area contributed by atoms with Crippen LogP contribution in [-0.2, 0) is 13.6 Å². The molecule has 0 aliphatic rings. The molecule has 0 aromatic carbocycles. The summed E-state index contributed by atoms with van der Waals surface area (Å²) in [6.45, 7) is 3.93. The molecule has 4 heterocycles. The maximum Gasteiger partial charge on any atom is 0.263 e. The van der Waals surface area contributed by atoms with Crippen molar-refractivity contribution in [2.24, 2.45) is 7.05 Å². The van der Waals surface area contributed by atoms with Crippen molar-refractivity contribution in [3.63, 3.8) is 0 Å². The lowest BCUT2D eigenvalue weighted by Crippen LogP contribution is -2.28. The van der Waals surface area contributed by atoms with Gasteiger partial charge in [0.05, 0.1) is 18.1 Å². The van der Waals surface area contributed by atoms with Gasteiger partial charge in [0.15, 0.2) is 0 Å². The lowest BCUT2D eigenvalue weighted by atomic mass is 10.2. The third-order valence-electron chi connectivity index (χ3n) is 4.54. The predicted molar refractivity (Wildman–Crippen MR) is 120 cm³/mol. The highest BCUT2D eigenvalue weighted by Gasteiger charge is 2.13. The Hall–Kier alpha value is -4.53. The van der Waals surface area contributed by atoms with E-state index in [1.165, 1.54) is 16.8 Å². The molecule has 160 valence electrons. The van der Waals surface area contributed by atoms with Gasteiger partial charge in [-0.3, -0.25) is 19.3 Å². The van der Waals surface area contributed by atoms with E-state index >= 15 is 0 Å². The number of aryl methyl sites for hydroxylation is 1. The zero-order valence-corrected chi connectivity index (χ0v) is 17.3. The molecule has 0 saturated carbocycles. The number of pyridine rings is 3. The number of allylic oxidation sites excluding steroid dienone is 1. The van der Waals surface area contributed by atoms with Crippen LogP contribution in [-0.4, -0.2) is 30.2 Å². The molecular weight excluding hydrogens is 408 g/mol. The fourth-order valence-electron chi connectivity index (χ4n) is 3.01. The highest BCUT2D eigenvalue weighted by molar-refractivity contribution is 6.03. The van der Waals surface area contributed by atoms with Gasteiger partial charge in [0.1, 0.15) is 22.9 Å². The molecule has 9 nitrogen and oxygen atoms in total. The topological polar surface area (TPSA) is 104 Å². The Morgan fingerprint density at radius 2 is 2.06 bits per heavy atom. The number of nitrogens with one attached hydrogen (secondary N) is 1. The van der Waals surface area contributed by atoms with E-state index < -0.39 is 11.5 Å². The van der Waals surface area contributed by atoms with Gasteiger partial charge in [0.2, 0.25) is 0 Å². The second-order valence-electron chi connectivity index (χ2n) is 6.88. The number of carbonyl (C=O) groups excluding carboxylic acids is 1. The van der Waals surface area contributed by atoms with Gasteiger partial charge in [0, 0.05) is 43.8 Å². The normalized spacial score (nSPS) is 10.5. The summed E-state index contributed by atoms with van der Waals surface area (Å²) >= 11 is 0. The Kier molecular flexibility index (Phi) is 5.89. The van der Waals surface area contributed by atoms with Crippen molar-refractivity contribution in [1.29, 1.82) is 0 Å². The van der Waals surface area contributed by atoms with Crippen LogP contribution in [0.1, 0.15) is 10.4 Å². The van der Waals surface area contributed by atoms with E-state index in [1.807, 2.05) is 13.2 Å². The van der Waals surface area contributed by atoms with Crippen molar-refractivity contribution in [3.8, 4) is 22.8 Å². The molecule has 1 N–H and O–H groups in total. The summed E-state index contributed by atoms with van der Waals surface area (Å²) in [5.74, 6) is 0.834. The molecule has 0 saturated heterocycles. The van der Waals surface area contributed by atoms with Crippen LogP contribution in [0.5, 0.6) is 11.5 Å². The average Bonchev–Trinajstić information content (AvgIpc) is 3.23. The molecule has 1 amide bonds. The molecule has 0 atom stereocenters. The fraction of sp³-hybridized carbons (Fsp3) is 0.0870. The second-order valence-corrected chi connectivity index (χ2v) is 6.88. The molecular formula is C23H20N6O3. The minimum Gasteiger partial charge on any atom is -0.456 e. The van der Waals surface area contributed by atoms with Gasteiger partial charge < -0.3 is 14.6 Å². The SMILES string of the molecule is C=CCn1cccc(C(=O)Nc2ccc(Oc3ccnc(-c4cnn(C)c4)c3)cn2)c1=O. The van der Waals surface area contributed by atoms with E-state index in [0.29, 0.717) is 23.9 Å². The number of hydrogen-bond donors (Lipinski definition) is 1. The van der Waals surface area contributed by atoms with Gasteiger partial charge >= 0.3 is 0 Å². The summed E-state index contributed by atoms with van der Waals surface area (Å²) in [4.78, 5) is 33.4. The largest absolute Gasteiger partial charge is 0.456 e. The fourth-order valence-corrected chi connectivity index (χ4v) is 3.01. The van der Waals surface area contributed by atoms with Crippen molar-refractivity contribution in [3.05, 3.63) is 96.0 Å². The molecule has 4 rings (SSSR count). The quantitative estimate of drug-likeness (QED) is 0.453. The number of ether oxygens (including phenoxy) is 1. The molecule has 0 spiro atoms. The van der Waals surface area contributed by atoms with E-state index in [2.05, 4.69) is 27.0 Å². The van der Waals surface area contributed by atoms with E-state index in [1.54, 1.807) is 59.7 Å². The number of nitrogens with zero attached hydrogens (tertiary/aromatic N) is 5. The van der Waals surface area contributed by atoms with Crippen molar-refractivity contribution >= 4 is 11.7 Å². The summed E-state index contributed by atoms with van der Waals surface area (Å²) < 4.78 is 8.95. The van der Waals surface area contributed by atoms with Crippen LogP contribution in [0.25, 0.3) is 11.3 Å². The third kappa shape index (κ3) is 4.62. The van der Waals surface area contributed by atoms with Crippen LogP contribution >= 0.6 is 0 Å². The van der Waals surface area contributed by atoms with E-state index in [9.17, 15) is 9.59 Å². The Morgan fingerprint density at radius 1 is 1.19 bits per heavy atom. The van der Waals surface area contributed by atoms with E-state index in [4.69, 9.17) is 4.74 Å². The monoisotopic (exact) mass is 428 g/mol. The highest BCUT2D eigenvalue weighted by atomic mass is 16.5. The molecule has 9 heteroatoms. The highest BCUT2D eigenvalue weighted by Crippen LogP contribution is 2.25. The van der Waals surface area contributed by atoms with Crippen molar-refractivity contribution in [2.45, 2.75) is 6.54 Å². The Balaban J connectivity index is 1.45. The lowest BCUT2D eigenvalue weighted by molar-refractivity contribution is 0.102. The van der Waals surface area contributed by atoms with Crippen LogP contribution in [0.2, 0.25) is 0 Å². The third-order valence-corrected chi connectivity index (χ3v) is 4.54. The summed E-state index contributed by atoms with van der Waals surface area (Å²) in [6.07, 6.45) is 9.92. The van der Waals surface area contributed by atoms with Gasteiger partial charge in [-0.1, -0.05) is 6.08 Å². The van der Waals surface area contributed by atoms with E-state index in [-0.39, 0.29) is 5.56 Å². The summed E-state index contributed by atoms with van der Waals surface area (Å²) in [5.41, 5.74) is 1.24. The number of hydrogen-bond acceptors (Lipinski definition) is 6. The maximum atomic E-state index is 12.5. The first-order valence-corrected chi connectivity index (χ1v) is 9.74. The summed E-state index contributed by atoms with van der Waals surface area (Å²) in [5, 5.41) is 6.78. The standard InChI is InChI=1S/C23H20N6O3/c1-3-10-29-11-4-5-19(23(29)31)22(30)27-21-7-6-18(14-25-21)32-17-8-9-24-20(12-17)16-13-26-28(2)15-16/h3-9,11-15H,1,10H2,2H3,(H,25,27,30). The second kappa shape index (κ2) is 9.09. The van der Waals surface area contributed by atoms with Crippen LogP contribution in [0.3, 0.4) is 0 Å². The molecule has 0 unspecified atom stereocenters. The average molecular weight is 428 g/mol. The van der Waals surface area contributed by atoms with Gasteiger partial charge in [-0.2, -0.15) is 5.10 Å². The number of anilines is 1. The zero-order valence-electron chi connectivity index (χ0n) is 17.3. The minimum absolute atomic E-state index is 0.0243. The smallest absolute Gasteiger partial charge is 0.263 e. The van der Waals surface area contributed by atoms with Crippen LogP contribution in [0.4, 0.5) is 5.82 Å². The molecule has 4 aromatic rings. The van der Waals surface area contributed by atoms with Gasteiger partial charge in [-0.15, -0.1) is 6.58 Å². The zero-order chi connectivity index (χ0) is 22.5. The van der Waals surface area contributed by atoms with Gasteiger partial charge in [-0.25, -0.2) is 4.98 Å². The molecule has 0 bridgehead atoms. The van der Waals surface area contributed by atoms with Crippen molar-refractivity contribution in [1.82, 2.24) is 24.3 Å². The number of aromatic nitrogens is 5. The molecule has 0 radical (unpaired) electrons. The molecule has 0 aliphatic carbocycles. The van der Waals surface area contributed by atoms with Crippen molar-refractivity contribution < 1.29 is 9.53 Å². The Morgan fingerprint density at radius 3 is 2.78 bits per heavy atom. The molecule has 32 heavy (non-hydrogen) atoms.